The normalized spacial score (nSPS) is 10.7. The molecule has 0 saturated carbocycles. The summed E-state index contributed by atoms with van der Waals surface area (Å²) >= 11 is 3.22. The van der Waals surface area contributed by atoms with Crippen molar-refractivity contribution in [3.8, 4) is 0 Å². The quantitative estimate of drug-likeness (QED) is 0.807. The van der Waals surface area contributed by atoms with E-state index in [2.05, 4.69) is 15.9 Å². The number of hydrogen-bond acceptors (Lipinski definition) is 2. The van der Waals surface area contributed by atoms with Crippen molar-refractivity contribution in [1.82, 2.24) is 0 Å². The van der Waals surface area contributed by atoms with Gasteiger partial charge < -0.3 is 0 Å². The Morgan fingerprint density at radius 2 is 1.92 bits per heavy atom. The lowest BCUT2D eigenvalue weighted by Gasteiger charge is -2.00. The van der Waals surface area contributed by atoms with Crippen LogP contribution in [0, 0.1) is 6.92 Å². The molecule has 0 aliphatic heterocycles. The van der Waals surface area contributed by atoms with Crippen LogP contribution < -0.4 is 0 Å². The predicted molar refractivity (Wildman–Crippen MR) is 55.9 cm³/mol. The average molecular weight is 288 g/mol. The van der Waals surface area contributed by atoms with E-state index in [9.17, 15) is 8.42 Å². The van der Waals surface area contributed by atoms with E-state index >= 15 is 0 Å². The molecule has 0 aromatic heterocycles. The Kier molecular flexibility index (Phi) is 4.38. The van der Waals surface area contributed by atoms with Crippen LogP contribution in [0.25, 0.3) is 0 Å². The zero-order valence-electron chi connectivity index (χ0n) is 6.69. The third-order valence-corrected chi connectivity index (χ3v) is 3.17. The Morgan fingerprint density at radius 3 is 2.31 bits per heavy atom. The van der Waals surface area contributed by atoms with E-state index in [1.165, 1.54) is 12.1 Å². The van der Waals surface area contributed by atoms with Gasteiger partial charge in [0, 0.05) is 4.47 Å². The van der Waals surface area contributed by atoms with E-state index < -0.39 is 10.1 Å². The Bertz CT molecular complexity index is 402. The molecule has 1 N–H and O–H groups in total. The van der Waals surface area contributed by atoms with Crippen LogP contribution in [-0.4, -0.2) is 13.0 Å². The van der Waals surface area contributed by atoms with Crippen molar-refractivity contribution < 1.29 is 13.0 Å². The molecular weight excluding hydrogens is 279 g/mol. The van der Waals surface area contributed by atoms with E-state index in [0.717, 1.165) is 10.0 Å². The topological polar surface area (TPSA) is 54.4 Å². The second kappa shape index (κ2) is 4.41. The van der Waals surface area contributed by atoms with Gasteiger partial charge in [-0.1, -0.05) is 15.9 Å². The van der Waals surface area contributed by atoms with Gasteiger partial charge in [0.2, 0.25) is 0 Å². The maximum atomic E-state index is 10.6. The van der Waals surface area contributed by atoms with E-state index in [-0.39, 0.29) is 17.3 Å². The Morgan fingerprint density at radius 1 is 1.38 bits per heavy atom. The van der Waals surface area contributed by atoms with Crippen LogP contribution in [0.1, 0.15) is 5.56 Å². The average Bonchev–Trinajstić information content (AvgIpc) is 1.92. The minimum absolute atomic E-state index is 0. The molecule has 0 heterocycles. The van der Waals surface area contributed by atoms with Gasteiger partial charge in [-0.3, -0.25) is 4.55 Å². The molecule has 1 aromatic carbocycles. The highest BCUT2D eigenvalue weighted by Gasteiger charge is 2.09. The van der Waals surface area contributed by atoms with E-state index in [0.29, 0.717) is 0 Å². The van der Waals surface area contributed by atoms with Crippen LogP contribution in [0.2, 0.25) is 0 Å². The highest BCUT2D eigenvalue weighted by Crippen LogP contribution is 2.19. The highest BCUT2D eigenvalue weighted by molar-refractivity contribution is 9.10. The van der Waals surface area contributed by atoms with Gasteiger partial charge in [0.15, 0.2) is 0 Å². The molecule has 3 nitrogen and oxygen atoms in total. The van der Waals surface area contributed by atoms with E-state index in [4.69, 9.17) is 4.55 Å². The molecule has 74 valence electrons. The second-order valence-corrected chi connectivity index (χ2v) is 4.66. The molecule has 0 atom stereocenters. The number of rotatable bonds is 1. The first-order chi connectivity index (χ1) is 5.41. The summed E-state index contributed by atoms with van der Waals surface area (Å²) in [5, 5.41) is 0. The zero-order chi connectivity index (χ0) is 9.35. The van der Waals surface area contributed by atoms with Gasteiger partial charge in [0.05, 0.1) is 4.90 Å². The van der Waals surface area contributed by atoms with Crippen LogP contribution >= 0.6 is 28.3 Å². The van der Waals surface area contributed by atoms with Gasteiger partial charge in [-0.05, 0) is 30.7 Å². The monoisotopic (exact) mass is 286 g/mol. The molecule has 0 bridgehead atoms. The molecule has 0 spiro atoms. The van der Waals surface area contributed by atoms with Gasteiger partial charge in [-0.2, -0.15) is 8.42 Å². The summed E-state index contributed by atoms with van der Waals surface area (Å²) in [5.74, 6) is 0. The fourth-order valence-electron chi connectivity index (χ4n) is 0.778. The molecule has 1 aromatic rings. The van der Waals surface area contributed by atoms with Crippen molar-refractivity contribution in [3.05, 3.63) is 28.2 Å². The lowest BCUT2D eigenvalue weighted by molar-refractivity contribution is 0.483. The van der Waals surface area contributed by atoms with Gasteiger partial charge >= 0.3 is 0 Å². The summed E-state index contributed by atoms with van der Waals surface area (Å²) in [6, 6.07) is 4.32. The number of benzene rings is 1. The zero-order valence-corrected chi connectivity index (χ0v) is 9.91. The summed E-state index contributed by atoms with van der Waals surface area (Å²) in [4.78, 5) is -0.0804. The molecule has 0 fully saturated rings. The van der Waals surface area contributed by atoms with Crippen LogP contribution in [0.4, 0.5) is 0 Å². The van der Waals surface area contributed by atoms with Crippen LogP contribution in [0.3, 0.4) is 0 Å². The van der Waals surface area contributed by atoms with Crippen molar-refractivity contribution in [2.75, 3.05) is 0 Å². The molecule has 0 amide bonds. The number of aryl methyl sites for hydroxylation is 1. The van der Waals surface area contributed by atoms with Crippen LogP contribution in [0.15, 0.2) is 27.6 Å². The molecule has 0 radical (unpaired) electrons. The molecule has 1 rings (SSSR count). The SMILES string of the molecule is Cc1cc(S(=O)(=O)O)ccc1Br.Cl. The Hall–Kier alpha value is -0.100. The number of halogens is 2. The number of hydrogen-bond donors (Lipinski definition) is 1. The Labute approximate surface area is 91.4 Å². The summed E-state index contributed by atoms with van der Waals surface area (Å²) in [5.41, 5.74) is 0.769. The van der Waals surface area contributed by atoms with Gasteiger partial charge in [-0.25, -0.2) is 0 Å². The van der Waals surface area contributed by atoms with Crippen molar-refractivity contribution in [2.24, 2.45) is 0 Å². The molecule has 0 saturated heterocycles. The highest BCUT2D eigenvalue weighted by atomic mass is 79.9. The minimum atomic E-state index is -4.06. The fourth-order valence-corrected chi connectivity index (χ4v) is 1.59. The molecule has 0 aliphatic rings. The third-order valence-electron chi connectivity index (χ3n) is 1.43. The third kappa shape index (κ3) is 3.27. The van der Waals surface area contributed by atoms with Gasteiger partial charge in [0.25, 0.3) is 10.1 Å². The van der Waals surface area contributed by atoms with Crippen molar-refractivity contribution in [1.29, 1.82) is 0 Å². The lowest BCUT2D eigenvalue weighted by atomic mass is 10.2. The molecular formula is C7H8BrClO3S. The lowest BCUT2D eigenvalue weighted by Crippen LogP contribution is -1.97. The minimum Gasteiger partial charge on any atom is -0.282 e. The molecule has 13 heavy (non-hydrogen) atoms. The fraction of sp³-hybridized carbons (Fsp3) is 0.143. The first kappa shape index (κ1) is 12.9. The largest absolute Gasteiger partial charge is 0.294 e. The molecule has 6 heteroatoms. The van der Waals surface area contributed by atoms with Gasteiger partial charge in [-0.15, -0.1) is 12.4 Å². The van der Waals surface area contributed by atoms with E-state index in [1.54, 1.807) is 13.0 Å². The molecule has 0 aliphatic carbocycles. The van der Waals surface area contributed by atoms with Crippen molar-refractivity contribution in [2.45, 2.75) is 11.8 Å². The van der Waals surface area contributed by atoms with Gasteiger partial charge in [0.1, 0.15) is 0 Å². The van der Waals surface area contributed by atoms with Crippen molar-refractivity contribution in [3.63, 3.8) is 0 Å². The maximum absolute atomic E-state index is 10.6. The first-order valence-electron chi connectivity index (χ1n) is 3.15. The smallest absolute Gasteiger partial charge is 0.282 e. The van der Waals surface area contributed by atoms with Crippen LogP contribution in [0.5, 0.6) is 0 Å². The Balaban J connectivity index is 0.00000144. The van der Waals surface area contributed by atoms with Crippen molar-refractivity contribution >= 4 is 38.5 Å². The summed E-state index contributed by atoms with van der Waals surface area (Å²) in [6.07, 6.45) is 0. The standard InChI is InChI=1S/C7H7BrO3S.ClH/c1-5-4-6(12(9,10)11)2-3-7(5)8;/h2-4H,1H3,(H,9,10,11);1H. The first-order valence-corrected chi connectivity index (χ1v) is 5.38. The summed E-state index contributed by atoms with van der Waals surface area (Å²) < 4.78 is 30.7. The van der Waals surface area contributed by atoms with Crippen LogP contribution in [-0.2, 0) is 10.1 Å². The predicted octanol–water partition coefficient (Wildman–Crippen LogP) is 2.43. The summed E-state index contributed by atoms with van der Waals surface area (Å²) in [6.45, 7) is 1.75. The second-order valence-electron chi connectivity index (χ2n) is 2.39. The van der Waals surface area contributed by atoms with E-state index in [1.807, 2.05) is 0 Å². The summed E-state index contributed by atoms with van der Waals surface area (Å²) in [7, 11) is -4.06. The molecule has 0 unspecified atom stereocenters. The maximum Gasteiger partial charge on any atom is 0.294 e.